The van der Waals surface area contributed by atoms with Gasteiger partial charge in [0.2, 0.25) is 11.4 Å². The lowest BCUT2D eigenvalue weighted by molar-refractivity contribution is -0.596. The van der Waals surface area contributed by atoms with E-state index in [1.165, 1.54) is 85.0 Å². The molecule has 0 N–H and O–H groups in total. The van der Waals surface area contributed by atoms with Crippen molar-refractivity contribution < 1.29 is 9.13 Å². The quantitative estimate of drug-likeness (QED) is 0.166. The van der Waals surface area contributed by atoms with Crippen molar-refractivity contribution in [2.75, 3.05) is 0 Å². The van der Waals surface area contributed by atoms with Gasteiger partial charge in [0.05, 0.1) is 0 Å². The van der Waals surface area contributed by atoms with Gasteiger partial charge in [0.1, 0.15) is 0 Å². The highest BCUT2D eigenvalue weighted by Gasteiger charge is 2.10. The highest BCUT2D eigenvalue weighted by molar-refractivity contribution is 5.61. The van der Waals surface area contributed by atoms with Crippen LogP contribution < -0.4 is 9.13 Å². The summed E-state index contributed by atoms with van der Waals surface area (Å²) in [4.78, 5) is 0. The Hall–Kier alpha value is -3.26. The molecular weight excluding hydrogens is 412 g/mol. The molecule has 174 valence electrons. The molecule has 0 unspecified atom stereocenters. The van der Waals surface area contributed by atoms with Crippen LogP contribution in [0.25, 0.3) is 22.5 Å². The maximum atomic E-state index is 2.26. The van der Waals surface area contributed by atoms with E-state index in [1.54, 1.807) is 0 Å². The maximum absolute atomic E-state index is 2.26. The molecule has 2 heteroatoms. The monoisotopic (exact) mass is 450 g/mol. The third kappa shape index (κ3) is 6.41. The Kier molecular flexibility index (Phi) is 8.62. The Morgan fingerprint density at radius 2 is 0.794 bits per heavy atom. The third-order valence-corrected chi connectivity index (χ3v) is 6.60. The van der Waals surface area contributed by atoms with Gasteiger partial charge in [0.25, 0.3) is 0 Å². The van der Waals surface area contributed by atoms with Crippen LogP contribution in [0.1, 0.15) is 63.5 Å². The predicted molar refractivity (Wildman–Crippen MR) is 141 cm³/mol. The lowest BCUT2D eigenvalue weighted by atomic mass is 10.1. The van der Waals surface area contributed by atoms with Gasteiger partial charge in [-0.3, -0.25) is 0 Å². The SMILES string of the molecule is CCCCCc1ccc(-[n+]2ccc(-c3cc[n+](-c4ccc(CCCCC)cc4)cc3)cc2)cc1. The minimum atomic E-state index is 1.18. The lowest BCUT2D eigenvalue weighted by Gasteiger charge is -2.03. The van der Waals surface area contributed by atoms with E-state index < -0.39 is 0 Å². The maximum Gasteiger partial charge on any atom is 0.210 e. The molecule has 0 aliphatic heterocycles. The first-order valence-corrected chi connectivity index (χ1v) is 13.0. The summed E-state index contributed by atoms with van der Waals surface area (Å²) in [6.45, 7) is 4.51. The summed E-state index contributed by atoms with van der Waals surface area (Å²) in [5.74, 6) is 0. The van der Waals surface area contributed by atoms with E-state index in [-0.39, 0.29) is 0 Å². The molecule has 2 aromatic carbocycles. The van der Waals surface area contributed by atoms with Gasteiger partial charge in [0.15, 0.2) is 24.8 Å². The van der Waals surface area contributed by atoms with Crippen LogP contribution >= 0.6 is 0 Å². The van der Waals surface area contributed by atoms with Crippen LogP contribution in [0.5, 0.6) is 0 Å². The number of aromatic nitrogens is 2. The molecule has 2 aromatic heterocycles. The fraction of sp³-hybridized carbons (Fsp3) is 0.312. The van der Waals surface area contributed by atoms with Gasteiger partial charge in [-0.15, -0.1) is 0 Å². The van der Waals surface area contributed by atoms with E-state index in [9.17, 15) is 0 Å². The molecular formula is C32H38N2+2. The lowest BCUT2D eigenvalue weighted by Crippen LogP contribution is -2.29. The molecule has 2 nitrogen and oxygen atoms in total. The van der Waals surface area contributed by atoms with E-state index in [0.29, 0.717) is 0 Å². The second-order valence-corrected chi connectivity index (χ2v) is 9.24. The molecule has 34 heavy (non-hydrogen) atoms. The van der Waals surface area contributed by atoms with E-state index in [1.807, 2.05) is 0 Å². The zero-order valence-electron chi connectivity index (χ0n) is 20.8. The fourth-order valence-corrected chi connectivity index (χ4v) is 4.41. The van der Waals surface area contributed by atoms with Crippen LogP contribution in [0.3, 0.4) is 0 Å². The Labute approximate surface area is 205 Å². The Morgan fingerprint density at radius 3 is 1.12 bits per heavy atom. The molecule has 4 rings (SSSR count). The number of hydrogen-bond acceptors (Lipinski definition) is 0. The van der Waals surface area contributed by atoms with Crippen molar-refractivity contribution in [3.05, 3.63) is 109 Å². The summed E-state index contributed by atoms with van der Waals surface area (Å²) < 4.78 is 4.37. The zero-order chi connectivity index (χ0) is 23.6. The number of benzene rings is 2. The van der Waals surface area contributed by atoms with Crippen molar-refractivity contribution in [2.24, 2.45) is 0 Å². The molecule has 0 amide bonds. The average molecular weight is 451 g/mol. The molecule has 0 aliphatic carbocycles. The molecule has 2 heterocycles. The average Bonchev–Trinajstić information content (AvgIpc) is 2.90. The van der Waals surface area contributed by atoms with Crippen molar-refractivity contribution in [1.82, 2.24) is 0 Å². The van der Waals surface area contributed by atoms with Crippen LogP contribution in [-0.2, 0) is 12.8 Å². The highest BCUT2D eigenvalue weighted by atomic mass is 14.9. The Balaban J connectivity index is 1.39. The van der Waals surface area contributed by atoms with Gasteiger partial charge in [-0.2, -0.15) is 9.13 Å². The molecule has 4 aromatic rings. The summed E-state index contributed by atoms with van der Waals surface area (Å²) >= 11 is 0. The van der Waals surface area contributed by atoms with E-state index in [4.69, 9.17) is 0 Å². The number of unbranched alkanes of at least 4 members (excludes halogenated alkanes) is 4. The molecule has 0 radical (unpaired) electrons. The van der Waals surface area contributed by atoms with Crippen LogP contribution in [0.4, 0.5) is 0 Å². The second kappa shape index (κ2) is 12.3. The highest BCUT2D eigenvalue weighted by Crippen LogP contribution is 2.17. The second-order valence-electron chi connectivity index (χ2n) is 9.24. The minimum absolute atomic E-state index is 1.18. The molecule has 0 bridgehead atoms. The van der Waals surface area contributed by atoms with E-state index >= 15 is 0 Å². The van der Waals surface area contributed by atoms with E-state index in [2.05, 4.69) is 121 Å². The molecule has 0 atom stereocenters. The minimum Gasteiger partial charge on any atom is -0.167 e. The van der Waals surface area contributed by atoms with Crippen molar-refractivity contribution >= 4 is 0 Å². The van der Waals surface area contributed by atoms with Crippen molar-refractivity contribution in [1.29, 1.82) is 0 Å². The summed E-state index contributed by atoms with van der Waals surface area (Å²) in [7, 11) is 0. The molecule has 0 aliphatic rings. The Bertz CT molecular complexity index is 1030. The van der Waals surface area contributed by atoms with Crippen LogP contribution in [0, 0.1) is 0 Å². The molecule has 0 saturated heterocycles. The van der Waals surface area contributed by atoms with E-state index in [0.717, 1.165) is 0 Å². The van der Waals surface area contributed by atoms with Crippen LogP contribution in [-0.4, -0.2) is 0 Å². The van der Waals surface area contributed by atoms with Crippen molar-refractivity contribution in [2.45, 2.75) is 65.2 Å². The van der Waals surface area contributed by atoms with Gasteiger partial charge in [0, 0.05) is 48.5 Å². The van der Waals surface area contributed by atoms with Crippen LogP contribution in [0.2, 0.25) is 0 Å². The predicted octanol–water partition coefficient (Wildman–Crippen LogP) is 7.37. The van der Waals surface area contributed by atoms with Gasteiger partial charge < -0.3 is 0 Å². The largest absolute Gasteiger partial charge is 0.210 e. The molecule has 0 fully saturated rings. The summed E-state index contributed by atoms with van der Waals surface area (Å²) in [5.41, 5.74) is 7.72. The van der Waals surface area contributed by atoms with Gasteiger partial charge in [-0.25, -0.2) is 0 Å². The molecule has 0 saturated carbocycles. The standard InChI is InChI=1S/C32H38N2/c1-3-5-7-9-27-11-15-31(16-12-27)33-23-19-29(20-24-33)30-21-25-34(26-22-30)32-17-13-28(14-18-32)10-8-6-4-2/h11-26H,3-10H2,1-2H3/q+2. The van der Waals surface area contributed by atoms with Gasteiger partial charge >= 0.3 is 0 Å². The van der Waals surface area contributed by atoms with Crippen molar-refractivity contribution in [3.63, 3.8) is 0 Å². The van der Waals surface area contributed by atoms with Crippen molar-refractivity contribution in [3.8, 4) is 22.5 Å². The van der Waals surface area contributed by atoms with Gasteiger partial charge in [-0.1, -0.05) is 63.8 Å². The third-order valence-electron chi connectivity index (χ3n) is 6.60. The fourth-order valence-electron chi connectivity index (χ4n) is 4.41. The Morgan fingerprint density at radius 1 is 0.441 bits per heavy atom. The number of hydrogen-bond donors (Lipinski definition) is 0. The number of nitrogens with zero attached hydrogens (tertiary/aromatic N) is 2. The first-order chi connectivity index (χ1) is 16.8. The van der Waals surface area contributed by atoms with Crippen LogP contribution in [0.15, 0.2) is 97.6 Å². The summed E-state index contributed by atoms with van der Waals surface area (Å²) in [6.07, 6.45) is 18.7. The van der Waals surface area contributed by atoms with Gasteiger partial charge in [-0.05, 0) is 47.9 Å². The number of rotatable bonds is 11. The summed E-state index contributed by atoms with van der Waals surface area (Å²) in [6, 6.07) is 26.7. The first-order valence-electron chi connectivity index (χ1n) is 13.0. The zero-order valence-corrected chi connectivity index (χ0v) is 20.8. The molecule has 0 spiro atoms. The topological polar surface area (TPSA) is 7.76 Å². The summed E-state index contributed by atoms with van der Waals surface area (Å²) in [5, 5.41) is 0. The first kappa shape index (κ1) is 23.9. The number of aryl methyl sites for hydroxylation is 2. The normalized spacial score (nSPS) is 11.0. The number of pyridine rings is 2. The smallest absolute Gasteiger partial charge is 0.167 e.